The molecule has 1 aliphatic carbocycles. The molecule has 1 saturated carbocycles. The zero-order valence-electron chi connectivity index (χ0n) is 13.3. The van der Waals surface area contributed by atoms with E-state index in [1.807, 2.05) is 13.0 Å². The van der Waals surface area contributed by atoms with Gasteiger partial charge >= 0.3 is 0 Å². The van der Waals surface area contributed by atoms with Gasteiger partial charge in [0.25, 0.3) is 5.91 Å². The second-order valence-corrected chi connectivity index (χ2v) is 7.31. The topological polar surface area (TPSA) is 70.9 Å². The number of carbonyl (C=O) groups is 2. The Labute approximate surface area is 150 Å². The van der Waals surface area contributed by atoms with Crippen molar-refractivity contribution in [3.05, 3.63) is 28.8 Å². The smallest absolute Gasteiger partial charge is 0.256 e. The Kier molecular flexibility index (Phi) is 5.36. The van der Waals surface area contributed by atoms with Crippen molar-refractivity contribution in [3.8, 4) is 0 Å². The molecule has 2 aliphatic rings. The van der Waals surface area contributed by atoms with Crippen LogP contribution in [0.2, 0.25) is 5.02 Å². The Bertz CT molecular complexity index is 745. The van der Waals surface area contributed by atoms with E-state index in [1.54, 1.807) is 12.1 Å². The number of nitrogens with zero attached hydrogens (tertiary/aromatic N) is 2. The highest BCUT2D eigenvalue weighted by Crippen LogP contribution is 2.27. The normalized spacial score (nSPS) is 20.1. The molecule has 0 aromatic heterocycles. The van der Waals surface area contributed by atoms with Crippen molar-refractivity contribution in [1.29, 1.82) is 0 Å². The van der Waals surface area contributed by atoms with Gasteiger partial charge in [-0.2, -0.15) is 4.99 Å². The number of thioether (sulfide) groups is 1. The van der Waals surface area contributed by atoms with Crippen molar-refractivity contribution in [2.45, 2.75) is 32.6 Å². The molecule has 0 spiro atoms. The van der Waals surface area contributed by atoms with Crippen LogP contribution in [0.4, 0.5) is 5.69 Å². The first kappa shape index (κ1) is 17.2. The molecule has 7 heteroatoms. The molecule has 5 nitrogen and oxygen atoms in total. The summed E-state index contributed by atoms with van der Waals surface area (Å²) in [5.74, 6) is -0.273. The fourth-order valence-electron chi connectivity index (χ4n) is 2.83. The molecule has 24 heavy (non-hydrogen) atoms. The fourth-order valence-corrected chi connectivity index (χ4v) is 3.67. The lowest BCUT2D eigenvalue weighted by Crippen LogP contribution is -2.30. The number of fused-ring (bicyclic) bond motifs is 1. The van der Waals surface area contributed by atoms with Crippen molar-refractivity contribution in [3.63, 3.8) is 0 Å². The summed E-state index contributed by atoms with van der Waals surface area (Å²) < 4.78 is 0. The number of halogens is 1. The number of amides is 2. The standard InChI is InChI=1S/C17H18ClN3O2S/c1-10-6-7-11(18)8-14(10)19-15(22)9-24-17-20-13-5-3-2-4-12(13)16(23)21-17/h6-8,12H,2-5,9H2,1H3,(H,19,22). The first-order valence-corrected chi connectivity index (χ1v) is 9.28. The number of carbonyl (C=O) groups excluding carboxylic acids is 2. The lowest BCUT2D eigenvalue weighted by Gasteiger charge is -2.24. The molecule has 0 saturated heterocycles. The maximum Gasteiger partial charge on any atom is 0.256 e. The number of aliphatic imine (C=N–C) groups is 2. The summed E-state index contributed by atoms with van der Waals surface area (Å²) in [4.78, 5) is 32.7. The molecule has 1 atom stereocenters. The zero-order valence-corrected chi connectivity index (χ0v) is 14.9. The van der Waals surface area contributed by atoms with Crippen LogP contribution in [0.1, 0.15) is 31.2 Å². The van der Waals surface area contributed by atoms with Gasteiger partial charge in [-0.05, 0) is 43.9 Å². The molecule has 1 N–H and O–H groups in total. The third-order valence-corrected chi connectivity index (χ3v) is 5.21. The molecule has 1 aromatic carbocycles. The predicted octanol–water partition coefficient (Wildman–Crippen LogP) is 3.85. The van der Waals surface area contributed by atoms with Crippen molar-refractivity contribution >= 4 is 51.7 Å². The van der Waals surface area contributed by atoms with E-state index in [0.29, 0.717) is 15.9 Å². The largest absolute Gasteiger partial charge is 0.325 e. The van der Waals surface area contributed by atoms with Gasteiger partial charge < -0.3 is 5.32 Å². The average Bonchev–Trinajstić information content (AvgIpc) is 2.56. The van der Waals surface area contributed by atoms with Crippen LogP contribution in [0.3, 0.4) is 0 Å². The van der Waals surface area contributed by atoms with E-state index < -0.39 is 0 Å². The predicted molar refractivity (Wildman–Crippen MR) is 99.1 cm³/mol. The summed E-state index contributed by atoms with van der Waals surface area (Å²) >= 11 is 7.14. The molecule has 1 fully saturated rings. The van der Waals surface area contributed by atoms with Gasteiger partial charge in [-0.25, -0.2) is 4.99 Å². The quantitative estimate of drug-likeness (QED) is 0.886. The lowest BCUT2D eigenvalue weighted by molar-refractivity contribution is -0.120. The maximum atomic E-state index is 12.1. The van der Waals surface area contributed by atoms with Crippen molar-refractivity contribution < 1.29 is 9.59 Å². The van der Waals surface area contributed by atoms with Crippen LogP contribution in [-0.2, 0) is 9.59 Å². The van der Waals surface area contributed by atoms with Crippen LogP contribution in [0.25, 0.3) is 0 Å². The van der Waals surface area contributed by atoms with E-state index in [1.165, 1.54) is 11.8 Å². The highest BCUT2D eigenvalue weighted by atomic mass is 35.5. The monoisotopic (exact) mass is 363 g/mol. The number of amidine groups is 1. The maximum absolute atomic E-state index is 12.1. The molecule has 1 unspecified atom stereocenters. The Hall–Kier alpha value is -1.66. The summed E-state index contributed by atoms with van der Waals surface area (Å²) in [7, 11) is 0. The summed E-state index contributed by atoms with van der Waals surface area (Å²) in [6.45, 7) is 1.90. The van der Waals surface area contributed by atoms with Crippen LogP contribution in [0.15, 0.2) is 28.2 Å². The minimum absolute atomic E-state index is 0.117. The molecule has 126 valence electrons. The third-order valence-electron chi connectivity index (χ3n) is 4.13. The highest BCUT2D eigenvalue weighted by Gasteiger charge is 2.30. The molecule has 1 aromatic rings. The zero-order chi connectivity index (χ0) is 17.1. The van der Waals surface area contributed by atoms with E-state index in [4.69, 9.17) is 11.6 Å². The van der Waals surface area contributed by atoms with E-state index in [0.717, 1.165) is 37.0 Å². The fraction of sp³-hybridized carbons (Fsp3) is 0.412. The SMILES string of the molecule is Cc1ccc(Cl)cc1NC(=O)CSC1=NC(=O)C2CCCCC2=N1. The van der Waals surface area contributed by atoms with Gasteiger partial charge in [-0.3, -0.25) is 9.59 Å². The number of rotatable bonds is 3. The van der Waals surface area contributed by atoms with Gasteiger partial charge in [0.2, 0.25) is 5.91 Å². The molecule has 1 aliphatic heterocycles. The van der Waals surface area contributed by atoms with Crippen LogP contribution in [-0.4, -0.2) is 28.4 Å². The number of benzene rings is 1. The number of aryl methyl sites for hydroxylation is 1. The highest BCUT2D eigenvalue weighted by molar-refractivity contribution is 8.14. The molecule has 0 radical (unpaired) electrons. The second kappa shape index (κ2) is 7.49. The molecule has 0 bridgehead atoms. The van der Waals surface area contributed by atoms with Crippen molar-refractivity contribution in [1.82, 2.24) is 0 Å². The molecule has 1 heterocycles. The van der Waals surface area contributed by atoms with Crippen LogP contribution in [0.5, 0.6) is 0 Å². The van der Waals surface area contributed by atoms with E-state index in [-0.39, 0.29) is 23.5 Å². The van der Waals surface area contributed by atoms with Crippen LogP contribution >= 0.6 is 23.4 Å². The van der Waals surface area contributed by atoms with Gasteiger partial charge in [0.15, 0.2) is 5.17 Å². The number of hydrogen-bond donors (Lipinski definition) is 1. The number of nitrogens with one attached hydrogen (secondary N) is 1. The number of hydrogen-bond acceptors (Lipinski definition) is 4. The Morgan fingerprint density at radius 2 is 2.21 bits per heavy atom. The average molecular weight is 364 g/mol. The molecular weight excluding hydrogens is 346 g/mol. The summed E-state index contributed by atoms with van der Waals surface area (Å²) in [5.41, 5.74) is 2.55. The van der Waals surface area contributed by atoms with Gasteiger partial charge in [0.05, 0.1) is 11.7 Å². The van der Waals surface area contributed by atoms with Gasteiger partial charge in [0, 0.05) is 16.4 Å². The van der Waals surface area contributed by atoms with E-state index in [9.17, 15) is 9.59 Å². The number of anilines is 1. The van der Waals surface area contributed by atoms with E-state index >= 15 is 0 Å². The van der Waals surface area contributed by atoms with Crippen LogP contribution < -0.4 is 5.32 Å². The Balaban J connectivity index is 1.59. The Morgan fingerprint density at radius 1 is 1.38 bits per heavy atom. The van der Waals surface area contributed by atoms with Crippen LogP contribution in [0, 0.1) is 12.8 Å². The summed E-state index contributed by atoms with van der Waals surface area (Å²) in [5, 5.41) is 3.79. The van der Waals surface area contributed by atoms with Gasteiger partial charge in [0.1, 0.15) is 0 Å². The minimum atomic E-state index is -0.175. The first-order chi connectivity index (χ1) is 11.5. The van der Waals surface area contributed by atoms with E-state index in [2.05, 4.69) is 15.3 Å². The minimum Gasteiger partial charge on any atom is -0.325 e. The summed E-state index contributed by atoms with van der Waals surface area (Å²) in [6.07, 6.45) is 3.81. The molecular formula is C17H18ClN3O2S. The first-order valence-electron chi connectivity index (χ1n) is 7.92. The molecule has 2 amide bonds. The molecule has 3 rings (SSSR count). The van der Waals surface area contributed by atoms with Gasteiger partial charge in [-0.1, -0.05) is 35.9 Å². The summed E-state index contributed by atoms with van der Waals surface area (Å²) in [6, 6.07) is 5.35. The lowest BCUT2D eigenvalue weighted by atomic mass is 9.86. The van der Waals surface area contributed by atoms with Crippen molar-refractivity contribution in [2.24, 2.45) is 15.9 Å². The van der Waals surface area contributed by atoms with Gasteiger partial charge in [-0.15, -0.1) is 0 Å². The second-order valence-electron chi connectivity index (χ2n) is 5.93. The third kappa shape index (κ3) is 4.05. The Morgan fingerprint density at radius 3 is 3.04 bits per heavy atom. The van der Waals surface area contributed by atoms with Crippen molar-refractivity contribution in [2.75, 3.05) is 11.1 Å².